The first-order chi connectivity index (χ1) is 9.43. The Bertz CT molecular complexity index is 456. The number of carboxylic acids is 1. The molecule has 112 valence electrons. The van der Waals surface area contributed by atoms with Gasteiger partial charge < -0.3 is 19.9 Å². The molecule has 7 nitrogen and oxygen atoms in total. The minimum absolute atomic E-state index is 0.00585. The number of carbonyl (C=O) groups is 2. The van der Waals surface area contributed by atoms with Gasteiger partial charge in [-0.15, -0.1) is 0 Å². The van der Waals surface area contributed by atoms with E-state index in [0.29, 0.717) is 25.6 Å². The van der Waals surface area contributed by atoms with Crippen molar-refractivity contribution in [1.29, 1.82) is 0 Å². The largest absolute Gasteiger partial charge is 0.476 e. The molecule has 0 aliphatic carbocycles. The molecule has 1 rings (SSSR count). The number of nitrogens with one attached hydrogen (secondary N) is 1. The predicted molar refractivity (Wildman–Crippen MR) is 74.7 cm³/mol. The van der Waals surface area contributed by atoms with Crippen molar-refractivity contribution in [3.63, 3.8) is 0 Å². The first-order valence-corrected chi connectivity index (χ1v) is 6.71. The third kappa shape index (κ3) is 4.91. The average Bonchev–Trinajstić information content (AvgIpc) is 2.84. The molecule has 0 atom stereocenters. The van der Waals surface area contributed by atoms with E-state index in [1.807, 2.05) is 6.92 Å². The van der Waals surface area contributed by atoms with Crippen LogP contribution in [-0.4, -0.2) is 51.2 Å². The summed E-state index contributed by atoms with van der Waals surface area (Å²) in [7, 11) is 0. The van der Waals surface area contributed by atoms with Crippen LogP contribution in [0.1, 0.15) is 31.3 Å². The summed E-state index contributed by atoms with van der Waals surface area (Å²) >= 11 is 0. The van der Waals surface area contributed by atoms with Crippen LogP contribution in [0, 0.1) is 5.92 Å². The van der Waals surface area contributed by atoms with Gasteiger partial charge in [0.05, 0.1) is 6.33 Å². The van der Waals surface area contributed by atoms with Gasteiger partial charge in [0.1, 0.15) is 0 Å². The van der Waals surface area contributed by atoms with Crippen LogP contribution in [0.5, 0.6) is 0 Å². The molecule has 20 heavy (non-hydrogen) atoms. The average molecular weight is 282 g/mol. The van der Waals surface area contributed by atoms with Crippen molar-refractivity contribution in [2.45, 2.75) is 27.3 Å². The number of urea groups is 1. The van der Waals surface area contributed by atoms with Crippen molar-refractivity contribution < 1.29 is 14.7 Å². The summed E-state index contributed by atoms with van der Waals surface area (Å²) in [6, 6.07) is -0.0974. The van der Waals surface area contributed by atoms with E-state index in [9.17, 15) is 9.59 Å². The highest BCUT2D eigenvalue weighted by Crippen LogP contribution is 1.99. The topological polar surface area (TPSA) is 87.5 Å². The van der Waals surface area contributed by atoms with Crippen LogP contribution < -0.4 is 5.32 Å². The fourth-order valence-electron chi connectivity index (χ4n) is 1.79. The van der Waals surface area contributed by atoms with Crippen LogP contribution in [0.25, 0.3) is 0 Å². The molecule has 2 amide bonds. The highest BCUT2D eigenvalue weighted by atomic mass is 16.4. The van der Waals surface area contributed by atoms with Crippen LogP contribution in [0.4, 0.5) is 4.79 Å². The first-order valence-electron chi connectivity index (χ1n) is 6.71. The number of carboxylic acid groups (broad SMARTS) is 1. The number of aromatic nitrogens is 2. The maximum Gasteiger partial charge on any atom is 0.356 e. The highest BCUT2D eigenvalue weighted by Gasteiger charge is 2.12. The zero-order chi connectivity index (χ0) is 15.1. The summed E-state index contributed by atoms with van der Waals surface area (Å²) in [5.74, 6) is -0.630. The monoisotopic (exact) mass is 282 g/mol. The van der Waals surface area contributed by atoms with Gasteiger partial charge in [0, 0.05) is 32.4 Å². The molecule has 0 saturated carbocycles. The fraction of sp³-hybridized carbons (Fsp3) is 0.615. The van der Waals surface area contributed by atoms with Crippen molar-refractivity contribution in [3.8, 4) is 0 Å². The smallest absolute Gasteiger partial charge is 0.356 e. The highest BCUT2D eigenvalue weighted by molar-refractivity contribution is 5.84. The molecular formula is C13H22N4O3. The summed E-state index contributed by atoms with van der Waals surface area (Å²) in [5.41, 5.74) is 0.00585. The number of hydrogen-bond donors (Lipinski definition) is 2. The molecule has 0 unspecified atom stereocenters. The summed E-state index contributed by atoms with van der Waals surface area (Å²) < 4.78 is 1.64. The van der Waals surface area contributed by atoms with Gasteiger partial charge in [-0.1, -0.05) is 13.8 Å². The van der Waals surface area contributed by atoms with E-state index in [1.54, 1.807) is 9.47 Å². The Balaban J connectivity index is 2.38. The molecule has 7 heteroatoms. The fourth-order valence-corrected chi connectivity index (χ4v) is 1.79. The van der Waals surface area contributed by atoms with E-state index in [1.165, 1.54) is 12.5 Å². The maximum absolute atomic E-state index is 11.9. The molecule has 0 spiro atoms. The zero-order valence-electron chi connectivity index (χ0n) is 12.2. The Morgan fingerprint density at radius 2 is 2.20 bits per heavy atom. The Hall–Kier alpha value is -2.05. The number of rotatable bonds is 7. The van der Waals surface area contributed by atoms with E-state index in [0.717, 1.165) is 6.54 Å². The van der Waals surface area contributed by atoms with E-state index in [4.69, 9.17) is 5.11 Å². The third-order valence-electron chi connectivity index (χ3n) is 2.75. The van der Waals surface area contributed by atoms with Crippen molar-refractivity contribution in [2.75, 3.05) is 19.6 Å². The summed E-state index contributed by atoms with van der Waals surface area (Å²) in [6.07, 6.45) is 2.89. The normalized spacial score (nSPS) is 10.6. The standard InChI is InChI=1S/C13H22N4O3/c1-4-17(7-10(2)3)13(20)14-5-6-16-8-11(12(18)19)15-9-16/h8-10H,4-7H2,1-3H3,(H,14,20)(H,18,19). The van der Waals surface area contributed by atoms with Gasteiger partial charge in [-0.05, 0) is 12.8 Å². The van der Waals surface area contributed by atoms with E-state index >= 15 is 0 Å². The molecule has 1 aromatic rings. The number of aromatic carboxylic acids is 1. The second-order valence-corrected chi connectivity index (χ2v) is 4.97. The quantitative estimate of drug-likeness (QED) is 0.788. The van der Waals surface area contributed by atoms with Gasteiger partial charge in [0.25, 0.3) is 0 Å². The number of nitrogens with zero attached hydrogens (tertiary/aromatic N) is 3. The molecule has 1 heterocycles. The molecule has 2 N–H and O–H groups in total. The van der Waals surface area contributed by atoms with Crippen LogP contribution in [-0.2, 0) is 6.54 Å². The molecule has 1 aromatic heterocycles. The summed E-state index contributed by atoms with van der Waals surface area (Å²) in [6.45, 7) is 8.38. The lowest BCUT2D eigenvalue weighted by Crippen LogP contribution is -2.42. The minimum atomic E-state index is -1.05. The van der Waals surface area contributed by atoms with Gasteiger partial charge in [-0.2, -0.15) is 0 Å². The molecule has 0 aliphatic rings. The Labute approximate surface area is 118 Å². The Kier molecular flexibility index (Phi) is 6.02. The molecule has 0 bridgehead atoms. The van der Waals surface area contributed by atoms with Gasteiger partial charge in [-0.3, -0.25) is 0 Å². The predicted octanol–water partition coefficient (Wildman–Crippen LogP) is 1.27. The number of amides is 2. The Morgan fingerprint density at radius 3 is 2.70 bits per heavy atom. The van der Waals surface area contributed by atoms with Crippen molar-refractivity contribution in [1.82, 2.24) is 19.8 Å². The Morgan fingerprint density at radius 1 is 1.50 bits per heavy atom. The third-order valence-corrected chi connectivity index (χ3v) is 2.75. The zero-order valence-corrected chi connectivity index (χ0v) is 12.2. The summed E-state index contributed by atoms with van der Waals surface area (Å²) in [4.78, 5) is 28.1. The number of hydrogen-bond acceptors (Lipinski definition) is 3. The van der Waals surface area contributed by atoms with E-state index < -0.39 is 5.97 Å². The minimum Gasteiger partial charge on any atom is -0.476 e. The number of imidazole rings is 1. The van der Waals surface area contributed by atoms with Crippen LogP contribution in [0.3, 0.4) is 0 Å². The second-order valence-electron chi connectivity index (χ2n) is 4.97. The van der Waals surface area contributed by atoms with Crippen molar-refractivity contribution in [3.05, 3.63) is 18.2 Å². The molecule has 0 fully saturated rings. The van der Waals surface area contributed by atoms with Crippen LogP contribution >= 0.6 is 0 Å². The summed E-state index contributed by atoms with van der Waals surface area (Å²) in [5, 5.41) is 11.6. The van der Waals surface area contributed by atoms with E-state index in [2.05, 4.69) is 24.1 Å². The lowest BCUT2D eigenvalue weighted by Gasteiger charge is -2.23. The second kappa shape index (κ2) is 7.52. The number of carbonyl (C=O) groups excluding carboxylic acids is 1. The molecule has 0 aliphatic heterocycles. The van der Waals surface area contributed by atoms with Crippen molar-refractivity contribution in [2.24, 2.45) is 5.92 Å². The lowest BCUT2D eigenvalue weighted by molar-refractivity contribution is 0.0691. The van der Waals surface area contributed by atoms with Gasteiger partial charge in [0.2, 0.25) is 0 Å². The van der Waals surface area contributed by atoms with E-state index in [-0.39, 0.29) is 11.7 Å². The van der Waals surface area contributed by atoms with Gasteiger partial charge in [-0.25, -0.2) is 14.6 Å². The molecule has 0 saturated heterocycles. The molecule has 0 radical (unpaired) electrons. The lowest BCUT2D eigenvalue weighted by atomic mass is 10.2. The molecule has 0 aromatic carbocycles. The van der Waals surface area contributed by atoms with Crippen LogP contribution in [0.15, 0.2) is 12.5 Å². The molecular weight excluding hydrogens is 260 g/mol. The SMILES string of the molecule is CCN(CC(C)C)C(=O)NCCn1cnc(C(=O)O)c1. The van der Waals surface area contributed by atoms with Gasteiger partial charge >= 0.3 is 12.0 Å². The first kappa shape index (κ1) is 16.0. The maximum atomic E-state index is 11.9. The van der Waals surface area contributed by atoms with Crippen molar-refractivity contribution >= 4 is 12.0 Å². The van der Waals surface area contributed by atoms with Gasteiger partial charge in [0.15, 0.2) is 5.69 Å². The van der Waals surface area contributed by atoms with Crippen LogP contribution in [0.2, 0.25) is 0 Å².